The van der Waals surface area contributed by atoms with Gasteiger partial charge in [0.15, 0.2) is 17.3 Å². The molecule has 0 aliphatic carbocycles. The first-order chi connectivity index (χ1) is 14.0. The lowest BCUT2D eigenvalue weighted by Crippen LogP contribution is -2.24. The third kappa shape index (κ3) is 2.37. The highest BCUT2D eigenvalue weighted by atomic mass is 19.2. The number of rotatable bonds is 2. The van der Waals surface area contributed by atoms with Gasteiger partial charge >= 0.3 is 0 Å². The zero-order valence-corrected chi connectivity index (χ0v) is 14.9. The highest BCUT2D eigenvalue weighted by Crippen LogP contribution is 2.36. The predicted octanol–water partition coefficient (Wildman–Crippen LogP) is 2.99. The normalized spacial score (nSPS) is 13.4. The van der Waals surface area contributed by atoms with Gasteiger partial charge in [-0.3, -0.25) is 19.5 Å². The number of imide groups is 1. The van der Waals surface area contributed by atoms with Gasteiger partial charge in [-0.25, -0.2) is 18.4 Å². The number of hydrogen-bond donors (Lipinski definition) is 0. The molecule has 1 aliphatic heterocycles. The van der Waals surface area contributed by atoms with Crippen LogP contribution in [0.4, 0.5) is 8.78 Å². The first-order valence-electron chi connectivity index (χ1n) is 8.57. The van der Waals surface area contributed by atoms with Crippen molar-refractivity contribution in [1.82, 2.24) is 24.6 Å². The van der Waals surface area contributed by atoms with Crippen LogP contribution in [0.15, 0.2) is 48.9 Å². The highest BCUT2D eigenvalue weighted by Gasteiger charge is 2.37. The molecule has 0 N–H and O–H groups in total. The Balaban J connectivity index is 1.89. The lowest BCUT2D eigenvalue weighted by molar-refractivity contribution is 0.0693. The smallest absolute Gasteiger partial charge is 0.262 e. The van der Waals surface area contributed by atoms with Gasteiger partial charge in [-0.05, 0) is 24.3 Å². The monoisotopic (exact) mass is 391 g/mol. The Morgan fingerprint density at radius 2 is 1.83 bits per heavy atom. The fourth-order valence-corrected chi connectivity index (χ4v) is 3.41. The molecule has 0 saturated heterocycles. The molecule has 0 atom stereocenters. The molecule has 9 heteroatoms. The van der Waals surface area contributed by atoms with E-state index in [-0.39, 0.29) is 22.5 Å². The SMILES string of the molecule is CN1C(=O)c2cnc3c(c(-c4cccnc4)nn3-c3ccc(F)c(F)c3)c2C1=O. The number of aromatic nitrogens is 4. The molecule has 0 radical (unpaired) electrons. The van der Waals surface area contributed by atoms with Crippen molar-refractivity contribution in [2.75, 3.05) is 7.05 Å². The van der Waals surface area contributed by atoms with E-state index in [1.165, 1.54) is 24.0 Å². The summed E-state index contributed by atoms with van der Waals surface area (Å²) in [5.41, 5.74) is 1.75. The minimum atomic E-state index is -1.04. The van der Waals surface area contributed by atoms with E-state index in [4.69, 9.17) is 0 Å². The summed E-state index contributed by atoms with van der Waals surface area (Å²) >= 11 is 0. The second-order valence-electron chi connectivity index (χ2n) is 6.52. The molecule has 1 aliphatic rings. The quantitative estimate of drug-likeness (QED) is 0.491. The molecule has 0 saturated carbocycles. The maximum absolute atomic E-state index is 13.8. The summed E-state index contributed by atoms with van der Waals surface area (Å²) in [6.07, 6.45) is 4.44. The van der Waals surface area contributed by atoms with E-state index in [2.05, 4.69) is 15.1 Å². The van der Waals surface area contributed by atoms with Crippen LogP contribution in [0.25, 0.3) is 28.0 Å². The molecule has 3 aromatic heterocycles. The summed E-state index contributed by atoms with van der Waals surface area (Å²) in [5.74, 6) is -2.97. The molecule has 4 aromatic rings. The van der Waals surface area contributed by atoms with Gasteiger partial charge in [0, 0.05) is 37.3 Å². The Morgan fingerprint density at radius 3 is 2.55 bits per heavy atom. The van der Waals surface area contributed by atoms with Crippen LogP contribution in [0.2, 0.25) is 0 Å². The van der Waals surface area contributed by atoms with Crippen molar-refractivity contribution in [2.24, 2.45) is 0 Å². The molecule has 142 valence electrons. The topological polar surface area (TPSA) is 81.0 Å². The molecule has 29 heavy (non-hydrogen) atoms. The Labute approximate surface area is 162 Å². The molecule has 0 bridgehead atoms. The molecular weight excluding hydrogens is 380 g/mol. The first-order valence-corrected chi connectivity index (χ1v) is 8.57. The van der Waals surface area contributed by atoms with Crippen LogP contribution < -0.4 is 0 Å². The van der Waals surface area contributed by atoms with Crippen LogP contribution in [0.1, 0.15) is 20.7 Å². The van der Waals surface area contributed by atoms with Crippen molar-refractivity contribution in [3.63, 3.8) is 0 Å². The number of halogens is 2. The van der Waals surface area contributed by atoms with E-state index in [0.29, 0.717) is 16.6 Å². The van der Waals surface area contributed by atoms with Gasteiger partial charge in [0.1, 0.15) is 5.69 Å². The molecule has 7 nitrogen and oxygen atoms in total. The molecule has 5 rings (SSSR count). The van der Waals surface area contributed by atoms with Crippen molar-refractivity contribution in [2.45, 2.75) is 0 Å². The van der Waals surface area contributed by atoms with E-state index < -0.39 is 23.4 Å². The van der Waals surface area contributed by atoms with Crippen LogP contribution in [0, 0.1) is 11.6 Å². The number of carbonyl (C=O) groups excluding carboxylic acids is 2. The number of amides is 2. The van der Waals surface area contributed by atoms with Gasteiger partial charge in [0.25, 0.3) is 11.8 Å². The van der Waals surface area contributed by atoms with E-state index >= 15 is 0 Å². The summed E-state index contributed by atoms with van der Waals surface area (Å²) in [4.78, 5) is 34.6. The number of benzene rings is 1. The van der Waals surface area contributed by atoms with Gasteiger partial charge in [-0.2, -0.15) is 5.10 Å². The Hall–Kier alpha value is -4.01. The van der Waals surface area contributed by atoms with Gasteiger partial charge in [0.05, 0.1) is 22.2 Å². The predicted molar refractivity (Wildman–Crippen MR) is 98.4 cm³/mol. The molecule has 1 aromatic carbocycles. The largest absolute Gasteiger partial charge is 0.277 e. The average molecular weight is 391 g/mol. The lowest BCUT2D eigenvalue weighted by atomic mass is 10.0. The number of carbonyl (C=O) groups is 2. The maximum Gasteiger partial charge on any atom is 0.262 e. The summed E-state index contributed by atoms with van der Waals surface area (Å²) in [5, 5.41) is 4.86. The second-order valence-corrected chi connectivity index (χ2v) is 6.52. The van der Waals surface area contributed by atoms with Crippen LogP contribution >= 0.6 is 0 Å². The van der Waals surface area contributed by atoms with Crippen molar-refractivity contribution < 1.29 is 18.4 Å². The van der Waals surface area contributed by atoms with Crippen LogP contribution in [-0.2, 0) is 0 Å². The van der Waals surface area contributed by atoms with Gasteiger partial charge in [-0.15, -0.1) is 0 Å². The van der Waals surface area contributed by atoms with Crippen LogP contribution in [0.3, 0.4) is 0 Å². The number of hydrogen-bond acceptors (Lipinski definition) is 5. The molecule has 2 amide bonds. The summed E-state index contributed by atoms with van der Waals surface area (Å²) in [6.45, 7) is 0. The third-order valence-electron chi connectivity index (χ3n) is 4.83. The minimum Gasteiger partial charge on any atom is -0.277 e. The highest BCUT2D eigenvalue weighted by molar-refractivity contribution is 6.27. The van der Waals surface area contributed by atoms with Crippen LogP contribution in [0.5, 0.6) is 0 Å². The molecule has 4 heterocycles. The molecule has 0 spiro atoms. The summed E-state index contributed by atoms with van der Waals surface area (Å²) in [7, 11) is 1.39. The summed E-state index contributed by atoms with van der Waals surface area (Å²) in [6, 6.07) is 6.77. The zero-order valence-electron chi connectivity index (χ0n) is 14.9. The average Bonchev–Trinajstić information content (AvgIpc) is 3.22. The number of nitrogens with zero attached hydrogens (tertiary/aromatic N) is 5. The zero-order chi connectivity index (χ0) is 20.3. The fraction of sp³-hybridized carbons (Fsp3) is 0.0500. The second kappa shape index (κ2) is 5.99. The van der Waals surface area contributed by atoms with E-state index in [1.54, 1.807) is 24.5 Å². The van der Waals surface area contributed by atoms with Crippen molar-refractivity contribution in [1.29, 1.82) is 0 Å². The molecule has 0 unspecified atom stereocenters. The Kier molecular flexibility index (Phi) is 3.54. The standard InChI is InChI=1S/C20H11F2N5O2/c1-26-19(28)12-9-24-18-16(15(12)20(26)29)17(10-3-2-6-23-8-10)25-27(18)11-4-5-13(21)14(22)7-11/h2-9H,1H3. The maximum atomic E-state index is 13.8. The van der Waals surface area contributed by atoms with Gasteiger partial charge in [0.2, 0.25) is 0 Å². The van der Waals surface area contributed by atoms with Gasteiger partial charge < -0.3 is 0 Å². The molecule has 0 fully saturated rings. The van der Waals surface area contributed by atoms with E-state index in [9.17, 15) is 18.4 Å². The lowest BCUT2D eigenvalue weighted by Gasteiger charge is -2.04. The van der Waals surface area contributed by atoms with Crippen LogP contribution in [-0.4, -0.2) is 43.5 Å². The number of pyridine rings is 2. The summed E-state index contributed by atoms with van der Waals surface area (Å²) < 4.78 is 28.5. The number of fused-ring (bicyclic) bond motifs is 3. The van der Waals surface area contributed by atoms with E-state index in [1.807, 2.05) is 0 Å². The molecular formula is C20H11F2N5O2. The van der Waals surface area contributed by atoms with Crippen molar-refractivity contribution in [3.8, 4) is 16.9 Å². The van der Waals surface area contributed by atoms with Gasteiger partial charge in [-0.1, -0.05) is 0 Å². The van der Waals surface area contributed by atoms with E-state index in [0.717, 1.165) is 17.0 Å². The van der Waals surface area contributed by atoms with Crippen molar-refractivity contribution in [3.05, 3.63) is 71.7 Å². The first kappa shape index (κ1) is 17.1. The Bertz CT molecular complexity index is 1330. The fourth-order valence-electron chi connectivity index (χ4n) is 3.41. The third-order valence-corrected chi connectivity index (χ3v) is 4.83. The van der Waals surface area contributed by atoms with Crippen molar-refractivity contribution >= 4 is 22.8 Å². The Morgan fingerprint density at radius 1 is 1.00 bits per heavy atom. The minimum absolute atomic E-state index is 0.167.